The smallest absolute Gasteiger partial charge is 0.246 e. The maximum atomic E-state index is 10.8. The van der Waals surface area contributed by atoms with Crippen LogP contribution in [0, 0.1) is 0 Å². The zero-order valence-electron chi connectivity index (χ0n) is 8.11. The van der Waals surface area contributed by atoms with Crippen LogP contribution in [0.3, 0.4) is 0 Å². The van der Waals surface area contributed by atoms with Crippen molar-refractivity contribution in [2.75, 3.05) is 6.54 Å². The van der Waals surface area contributed by atoms with Gasteiger partial charge in [-0.15, -0.1) is 0 Å². The standard InChI is InChI=1S/C9H18N2O/c1-4-6-11-8(5-2)7(3)9(10)12/h11H,4-6H2,1-3H3,(H2,10,12)/b8-7-. The molecule has 1 amide bonds. The maximum absolute atomic E-state index is 10.8. The van der Waals surface area contributed by atoms with Gasteiger partial charge in [0, 0.05) is 17.8 Å². The number of hydrogen-bond acceptors (Lipinski definition) is 2. The van der Waals surface area contributed by atoms with E-state index in [1.54, 1.807) is 6.92 Å². The number of carbonyl (C=O) groups is 1. The van der Waals surface area contributed by atoms with Crippen LogP contribution in [0.5, 0.6) is 0 Å². The largest absolute Gasteiger partial charge is 0.388 e. The minimum atomic E-state index is -0.338. The molecule has 0 bridgehead atoms. The molecule has 0 saturated carbocycles. The zero-order valence-corrected chi connectivity index (χ0v) is 8.11. The van der Waals surface area contributed by atoms with Gasteiger partial charge in [-0.2, -0.15) is 0 Å². The van der Waals surface area contributed by atoms with E-state index >= 15 is 0 Å². The van der Waals surface area contributed by atoms with Crippen molar-refractivity contribution >= 4 is 5.91 Å². The summed E-state index contributed by atoms with van der Waals surface area (Å²) in [5.74, 6) is -0.338. The van der Waals surface area contributed by atoms with Gasteiger partial charge in [0.15, 0.2) is 0 Å². The molecule has 0 fully saturated rings. The van der Waals surface area contributed by atoms with Gasteiger partial charge < -0.3 is 11.1 Å². The van der Waals surface area contributed by atoms with Crippen LogP contribution in [0.15, 0.2) is 11.3 Å². The molecule has 0 aliphatic heterocycles. The second-order valence-corrected chi connectivity index (χ2v) is 2.75. The van der Waals surface area contributed by atoms with Crippen LogP contribution in [0.2, 0.25) is 0 Å². The number of nitrogens with two attached hydrogens (primary N) is 1. The van der Waals surface area contributed by atoms with E-state index in [0.29, 0.717) is 5.57 Å². The molecule has 0 rings (SSSR count). The van der Waals surface area contributed by atoms with Crippen molar-refractivity contribution in [3.8, 4) is 0 Å². The Kier molecular flexibility index (Phi) is 5.17. The summed E-state index contributed by atoms with van der Waals surface area (Å²) in [5, 5.41) is 3.18. The van der Waals surface area contributed by atoms with Crippen molar-refractivity contribution in [3.63, 3.8) is 0 Å². The quantitative estimate of drug-likeness (QED) is 0.608. The average molecular weight is 170 g/mol. The van der Waals surface area contributed by atoms with Crippen molar-refractivity contribution in [2.45, 2.75) is 33.6 Å². The normalized spacial score (nSPS) is 12.2. The molecule has 0 atom stereocenters. The molecule has 3 heteroatoms. The molecule has 0 aromatic heterocycles. The zero-order chi connectivity index (χ0) is 9.56. The number of allylic oxidation sites excluding steroid dienone is 1. The van der Waals surface area contributed by atoms with Crippen LogP contribution >= 0.6 is 0 Å². The van der Waals surface area contributed by atoms with E-state index in [9.17, 15) is 4.79 Å². The van der Waals surface area contributed by atoms with Crippen molar-refractivity contribution in [2.24, 2.45) is 5.73 Å². The van der Waals surface area contributed by atoms with Crippen LogP contribution in [0.1, 0.15) is 33.6 Å². The molecule has 0 aliphatic rings. The second-order valence-electron chi connectivity index (χ2n) is 2.75. The molecule has 0 aromatic carbocycles. The minimum absolute atomic E-state index is 0.338. The predicted molar refractivity (Wildman–Crippen MR) is 50.5 cm³/mol. The van der Waals surface area contributed by atoms with E-state index < -0.39 is 0 Å². The lowest BCUT2D eigenvalue weighted by Gasteiger charge is -2.10. The first-order valence-electron chi connectivity index (χ1n) is 4.36. The lowest BCUT2D eigenvalue weighted by atomic mass is 10.2. The van der Waals surface area contributed by atoms with Gasteiger partial charge in [0.1, 0.15) is 0 Å². The summed E-state index contributed by atoms with van der Waals surface area (Å²) in [6.45, 7) is 6.74. The van der Waals surface area contributed by atoms with Crippen LogP contribution in [-0.2, 0) is 4.79 Å². The molecule has 70 valence electrons. The van der Waals surface area contributed by atoms with Gasteiger partial charge >= 0.3 is 0 Å². The van der Waals surface area contributed by atoms with Crippen LogP contribution in [0.4, 0.5) is 0 Å². The number of primary amides is 1. The van der Waals surface area contributed by atoms with Gasteiger partial charge in [0.25, 0.3) is 0 Å². The highest BCUT2D eigenvalue weighted by Gasteiger charge is 2.03. The molecule has 0 radical (unpaired) electrons. The Hall–Kier alpha value is -0.990. The Morgan fingerprint density at radius 3 is 2.33 bits per heavy atom. The summed E-state index contributed by atoms with van der Waals surface area (Å²) < 4.78 is 0. The third-order valence-electron chi connectivity index (χ3n) is 1.76. The van der Waals surface area contributed by atoms with Crippen LogP contribution < -0.4 is 11.1 Å². The molecule has 0 saturated heterocycles. The Balaban J connectivity index is 4.28. The molecule has 3 nitrogen and oxygen atoms in total. The van der Waals surface area contributed by atoms with Gasteiger partial charge in [-0.3, -0.25) is 4.79 Å². The Morgan fingerprint density at radius 1 is 1.42 bits per heavy atom. The fourth-order valence-electron chi connectivity index (χ4n) is 0.947. The molecule has 0 heterocycles. The number of hydrogen-bond donors (Lipinski definition) is 2. The number of nitrogens with one attached hydrogen (secondary N) is 1. The van der Waals surface area contributed by atoms with Crippen molar-refractivity contribution in [3.05, 3.63) is 11.3 Å². The maximum Gasteiger partial charge on any atom is 0.246 e. The molecule has 12 heavy (non-hydrogen) atoms. The highest BCUT2D eigenvalue weighted by molar-refractivity contribution is 5.91. The molecular weight excluding hydrogens is 152 g/mol. The molecular formula is C9H18N2O. The van der Waals surface area contributed by atoms with Gasteiger partial charge in [-0.1, -0.05) is 13.8 Å². The molecule has 0 unspecified atom stereocenters. The van der Waals surface area contributed by atoms with Crippen molar-refractivity contribution in [1.29, 1.82) is 0 Å². The van der Waals surface area contributed by atoms with Crippen molar-refractivity contribution in [1.82, 2.24) is 5.32 Å². The highest BCUT2D eigenvalue weighted by atomic mass is 16.1. The third-order valence-corrected chi connectivity index (χ3v) is 1.76. The van der Waals surface area contributed by atoms with Crippen LogP contribution in [-0.4, -0.2) is 12.5 Å². The summed E-state index contributed by atoms with van der Waals surface area (Å²) in [6, 6.07) is 0. The summed E-state index contributed by atoms with van der Waals surface area (Å²) in [4.78, 5) is 10.8. The summed E-state index contributed by atoms with van der Waals surface area (Å²) in [5.41, 5.74) is 6.75. The molecule has 3 N–H and O–H groups in total. The number of amides is 1. The lowest BCUT2D eigenvalue weighted by Crippen LogP contribution is -2.21. The Labute approximate surface area is 74.0 Å². The van der Waals surface area contributed by atoms with E-state index in [-0.39, 0.29) is 5.91 Å². The second kappa shape index (κ2) is 5.63. The average Bonchev–Trinajstić information content (AvgIpc) is 2.05. The Bertz CT molecular complexity index is 185. The molecule has 0 spiro atoms. The van der Waals surface area contributed by atoms with E-state index in [0.717, 1.165) is 25.1 Å². The van der Waals surface area contributed by atoms with E-state index in [1.165, 1.54) is 0 Å². The lowest BCUT2D eigenvalue weighted by molar-refractivity contribution is -0.114. The first-order valence-corrected chi connectivity index (χ1v) is 4.36. The summed E-state index contributed by atoms with van der Waals surface area (Å²) in [6.07, 6.45) is 1.88. The summed E-state index contributed by atoms with van der Waals surface area (Å²) >= 11 is 0. The monoisotopic (exact) mass is 170 g/mol. The Morgan fingerprint density at radius 2 is 2.00 bits per heavy atom. The van der Waals surface area contributed by atoms with Gasteiger partial charge in [0.05, 0.1) is 0 Å². The summed E-state index contributed by atoms with van der Waals surface area (Å²) in [7, 11) is 0. The van der Waals surface area contributed by atoms with Gasteiger partial charge in [0.2, 0.25) is 5.91 Å². The van der Waals surface area contributed by atoms with E-state index in [2.05, 4.69) is 12.2 Å². The molecule has 0 aromatic rings. The first-order chi connectivity index (χ1) is 5.63. The van der Waals surface area contributed by atoms with Gasteiger partial charge in [-0.05, 0) is 19.8 Å². The highest BCUT2D eigenvalue weighted by Crippen LogP contribution is 2.03. The first kappa shape index (κ1) is 11.0. The van der Waals surface area contributed by atoms with Crippen molar-refractivity contribution < 1.29 is 4.79 Å². The topological polar surface area (TPSA) is 55.1 Å². The fraction of sp³-hybridized carbons (Fsp3) is 0.667. The fourth-order valence-corrected chi connectivity index (χ4v) is 0.947. The van der Waals surface area contributed by atoms with Crippen LogP contribution in [0.25, 0.3) is 0 Å². The van der Waals surface area contributed by atoms with Gasteiger partial charge in [-0.25, -0.2) is 0 Å². The minimum Gasteiger partial charge on any atom is -0.388 e. The third kappa shape index (κ3) is 3.42. The number of rotatable bonds is 5. The predicted octanol–water partition coefficient (Wildman–Crippen LogP) is 1.16. The van der Waals surface area contributed by atoms with E-state index in [4.69, 9.17) is 5.73 Å². The number of carbonyl (C=O) groups excluding carboxylic acids is 1. The molecule has 0 aliphatic carbocycles. The SMILES string of the molecule is CCCN/C(CC)=C(/C)C(N)=O. The van der Waals surface area contributed by atoms with E-state index in [1.807, 2.05) is 6.92 Å².